The van der Waals surface area contributed by atoms with Crippen LogP contribution in [0.25, 0.3) is 0 Å². The van der Waals surface area contributed by atoms with Crippen LogP contribution in [0, 0.1) is 0 Å². The third kappa shape index (κ3) is 3.65. The minimum Gasteiger partial charge on any atom is -0.394 e. The molecule has 0 saturated carbocycles. The van der Waals surface area contributed by atoms with E-state index in [1.54, 1.807) is 0 Å². The summed E-state index contributed by atoms with van der Waals surface area (Å²) in [5.74, 6) is 0. The van der Waals surface area contributed by atoms with Gasteiger partial charge in [-0.1, -0.05) is 0 Å². The summed E-state index contributed by atoms with van der Waals surface area (Å²) in [5, 5.41) is 76.4. The fourth-order valence-corrected chi connectivity index (χ4v) is 2.59. The Morgan fingerprint density at radius 1 is 0.870 bits per heavy atom. The molecule has 0 amide bonds. The molecule has 2 heterocycles. The van der Waals surface area contributed by atoms with E-state index in [9.17, 15) is 30.6 Å². The van der Waals surface area contributed by atoms with Gasteiger partial charge < -0.3 is 55.1 Å². The molecular weight excluding hydrogens is 320 g/mol. The van der Waals surface area contributed by atoms with Crippen molar-refractivity contribution in [2.45, 2.75) is 61.4 Å². The van der Waals surface area contributed by atoms with Gasteiger partial charge in [0.25, 0.3) is 0 Å². The van der Waals surface area contributed by atoms with E-state index in [-0.39, 0.29) is 0 Å². The van der Waals surface area contributed by atoms with Gasteiger partial charge >= 0.3 is 0 Å². The zero-order valence-electron chi connectivity index (χ0n) is 12.0. The van der Waals surface area contributed by atoms with E-state index < -0.39 is 74.6 Å². The van der Waals surface area contributed by atoms with Gasteiger partial charge in [0.2, 0.25) is 0 Å². The topological polar surface area (TPSA) is 190 Å². The highest BCUT2D eigenvalue weighted by Crippen LogP contribution is 2.29. The first-order valence-electron chi connectivity index (χ1n) is 7.08. The van der Waals surface area contributed by atoms with Gasteiger partial charge in [0.05, 0.1) is 13.2 Å². The van der Waals surface area contributed by atoms with Crippen molar-refractivity contribution in [1.82, 2.24) is 0 Å². The molecule has 2 aliphatic rings. The molecular formula is C12H22O11. The van der Waals surface area contributed by atoms with Gasteiger partial charge in [-0.3, -0.25) is 0 Å². The zero-order valence-corrected chi connectivity index (χ0v) is 12.0. The maximum absolute atomic E-state index is 9.98. The smallest absolute Gasteiger partial charge is 0.187 e. The summed E-state index contributed by atoms with van der Waals surface area (Å²) in [4.78, 5) is 0. The summed E-state index contributed by atoms with van der Waals surface area (Å²) in [7, 11) is 0. The Morgan fingerprint density at radius 2 is 1.52 bits per heavy atom. The summed E-state index contributed by atoms with van der Waals surface area (Å²) in [6.07, 6.45) is -15.3. The highest BCUT2D eigenvalue weighted by atomic mass is 16.7. The second-order valence-electron chi connectivity index (χ2n) is 5.53. The molecule has 0 aromatic heterocycles. The molecule has 0 spiro atoms. The van der Waals surface area contributed by atoms with E-state index in [0.717, 1.165) is 0 Å². The Kier molecular flexibility index (Phi) is 6.27. The van der Waals surface area contributed by atoms with Crippen molar-refractivity contribution in [2.75, 3.05) is 13.2 Å². The van der Waals surface area contributed by atoms with E-state index in [1.165, 1.54) is 0 Å². The highest BCUT2D eigenvalue weighted by Gasteiger charge is 2.51. The second kappa shape index (κ2) is 7.63. The molecule has 0 radical (unpaired) electrons. The third-order valence-corrected chi connectivity index (χ3v) is 3.95. The molecule has 0 aliphatic carbocycles. The summed E-state index contributed by atoms with van der Waals surface area (Å²) in [6.45, 7) is -1.39. The molecule has 23 heavy (non-hydrogen) atoms. The van der Waals surface area contributed by atoms with Gasteiger partial charge in [0.15, 0.2) is 12.6 Å². The number of aliphatic hydroxyl groups excluding tert-OH is 8. The number of aliphatic hydroxyl groups is 8. The van der Waals surface area contributed by atoms with Crippen molar-refractivity contribution in [2.24, 2.45) is 0 Å². The monoisotopic (exact) mass is 342 g/mol. The van der Waals surface area contributed by atoms with Crippen LogP contribution >= 0.6 is 0 Å². The number of ether oxygens (including phenoxy) is 3. The van der Waals surface area contributed by atoms with Gasteiger partial charge in [-0.05, 0) is 0 Å². The van der Waals surface area contributed by atoms with Crippen LogP contribution < -0.4 is 0 Å². The zero-order chi connectivity index (χ0) is 17.3. The molecule has 0 bridgehead atoms. The first kappa shape index (κ1) is 18.9. The lowest BCUT2D eigenvalue weighted by Gasteiger charge is -2.41. The normalized spacial score (nSPS) is 49.3. The minimum atomic E-state index is -1.75. The van der Waals surface area contributed by atoms with E-state index >= 15 is 0 Å². The maximum atomic E-state index is 9.98. The van der Waals surface area contributed by atoms with Crippen LogP contribution in [-0.2, 0) is 14.2 Å². The maximum Gasteiger partial charge on any atom is 0.187 e. The molecule has 0 aromatic carbocycles. The number of hydrogen-bond acceptors (Lipinski definition) is 11. The Morgan fingerprint density at radius 3 is 2.09 bits per heavy atom. The molecule has 2 saturated heterocycles. The lowest BCUT2D eigenvalue weighted by molar-refractivity contribution is -0.322. The van der Waals surface area contributed by atoms with Gasteiger partial charge in [-0.15, -0.1) is 0 Å². The molecule has 11 nitrogen and oxygen atoms in total. The molecule has 8 N–H and O–H groups in total. The van der Waals surface area contributed by atoms with Crippen molar-refractivity contribution in [1.29, 1.82) is 0 Å². The molecule has 2 aliphatic heterocycles. The van der Waals surface area contributed by atoms with E-state index in [0.29, 0.717) is 0 Å². The number of rotatable bonds is 5. The average Bonchev–Trinajstić information content (AvgIpc) is 2.82. The second-order valence-corrected chi connectivity index (χ2v) is 5.53. The molecule has 2 fully saturated rings. The fraction of sp³-hybridized carbons (Fsp3) is 1.00. The first-order valence-corrected chi connectivity index (χ1v) is 7.08. The van der Waals surface area contributed by atoms with Gasteiger partial charge in [0, 0.05) is 0 Å². The van der Waals surface area contributed by atoms with Crippen LogP contribution in [0.2, 0.25) is 0 Å². The first-order chi connectivity index (χ1) is 10.8. The van der Waals surface area contributed by atoms with E-state index in [2.05, 4.69) is 0 Å². The van der Waals surface area contributed by atoms with Crippen molar-refractivity contribution in [3.05, 3.63) is 0 Å². The fourth-order valence-electron chi connectivity index (χ4n) is 2.59. The summed E-state index contributed by atoms with van der Waals surface area (Å²) in [6, 6.07) is 0. The highest BCUT2D eigenvalue weighted by molar-refractivity contribution is 4.94. The van der Waals surface area contributed by atoms with Crippen LogP contribution in [0.15, 0.2) is 0 Å². The van der Waals surface area contributed by atoms with Crippen LogP contribution in [0.1, 0.15) is 0 Å². The van der Waals surface area contributed by atoms with E-state index in [1.807, 2.05) is 0 Å². The van der Waals surface area contributed by atoms with Gasteiger partial charge in [-0.2, -0.15) is 0 Å². The Balaban J connectivity index is 2.07. The van der Waals surface area contributed by atoms with Gasteiger partial charge in [-0.25, -0.2) is 0 Å². The predicted octanol–water partition coefficient (Wildman–Crippen LogP) is -5.40. The Bertz CT molecular complexity index is 382. The minimum absolute atomic E-state index is 0.659. The largest absolute Gasteiger partial charge is 0.394 e. The third-order valence-electron chi connectivity index (χ3n) is 3.95. The van der Waals surface area contributed by atoms with Crippen molar-refractivity contribution in [3.63, 3.8) is 0 Å². The molecule has 10 atom stereocenters. The molecule has 0 unspecified atom stereocenters. The van der Waals surface area contributed by atoms with Crippen molar-refractivity contribution in [3.8, 4) is 0 Å². The quantitative estimate of drug-likeness (QED) is 0.238. The van der Waals surface area contributed by atoms with E-state index in [4.69, 9.17) is 24.4 Å². The Labute approximate surface area is 130 Å². The van der Waals surface area contributed by atoms with Crippen LogP contribution in [-0.4, -0.2) is 115 Å². The van der Waals surface area contributed by atoms with Gasteiger partial charge in [0.1, 0.15) is 48.8 Å². The lowest BCUT2D eigenvalue weighted by Crippen LogP contribution is -2.60. The van der Waals surface area contributed by atoms with Crippen LogP contribution in [0.3, 0.4) is 0 Å². The van der Waals surface area contributed by atoms with Crippen molar-refractivity contribution >= 4 is 0 Å². The Hall–Kier alpha value is -0.440. The number of hydrogen-bond donors (Lipinski definition) is 8. The molecule has 0 aromatic rings. The SMILES string of the molecule is OC[C@@H](O)[C@@H]1O[C@H](O[C@@H]2[C@@H](O)[C@H](O)O[C@H](CO)[C@H]2O)[C@H](O)[C@H]1O. The summed E-state index contributed by atoms with van der Waals surface area (Å²) in [5.41, 5.74) is 0. The average molecular weight is 342 g/mol. The van der Waals surface area contributed by atoms with Crippen molar-refractivity contribution < 1.29 is 55.1 Å². The molecule has 2 rings (SSSR count). The lowest BCUT2D eigenvalue weighted by atomic mass is 9.99. The van der Waals surface area contributed by atoms with Crippen LogP contribution in [0.4, 0.5) is 0 Å². The summed E-state index contributed by atoms with van der Waals surface area (Å²) >= 11 is 0. The van der Waals surface area contributed by atoms with Crippen LogP contribution in [0.5, 0.6) is 0 Å². The molecule has 136 valence electrons. The molecule has 11 heteroatoms. The summed E-state index contributed by atoms with van der Waals surface area (Å²) < 4.78 is 15.1. The standard InChI is InChI=1S/C12H22O11/c13-1-3(15)9-6(17)7(18)12(22-9)23-10-5(16)4(2-14)21-11(20)8(10)19/h3-20H,1-2H2/t3-,4-,5-,6-,7-,8-,9+,10+,11-,12-/m1/s1. The predicted molar refractivity (Wildman–Crippen MR) is 68.6 cm³/mol.